The lowest BCUT2D eigenvalue weighted by molar-refractivity contribution is 0.0161. The molecular formula is C27H34BrN3O3. The maximum Gasteiger partial charge on any atom is 0.257 e. The van der Waals surface area contributed by atoms with Gasteiger partial charge in [-0.1, -0.05) is 45.4 Å². The van der Waals surface area contributed by atoms with Gasteiger partial charge >= 0.3 is 0 Å². The van der Waals surface area contributed by atoms with E-state index in [9.17, 15) is 9.90 Å². The number of amides is 1. The lowest BCUT2D eigenvalue weighted by Crippen LogP contribution is -2.56. The van der Waals surface area contributed by atoms with Crippen molar-refractivity contribution >= 4 is 27.5 Å². The Kier molecular flexibility index (Phi) is 7.63. The molecule has 0 spiro atoms. The Hall–Kier alpha value is -2.38. The number of piperidine rings is 2. The number of aromatic hydroxyl groups is 1. The Labute approximate surface area is 210 Å². The van der Waals surface area contributed by atoms with E-state index in [0.717, 1.165) is 60.1 Å². The highest BCUT2D eigenvalue weighted by Gasteiger charge is 2.39. The first-order chi connectivity index (χ1) is 16.3. The molecule has 0 bridgehead atoms. The molecule has 2 aliphatic rings. The molecule has 6 nitrogen and oxygen atoms in total. The lowest BCUT2D eigenvalue weighted by Gasteiger charge is -2.49. The van der Waals surface area contributed by atoms with Crippen molar-refractivity contribution in [2.45, 2.75) is 45.1 Å². The van der Waals surface area contributed by atoms with Crippen molar-refractivity contribution in [1.29, 1.82) is 0 Å². The fourth-order valence-electron chi connectivity index (χ4n) is 5.37. The Morgan fingerprint density at radius 2 is 1.74 bits per heavy atom. The van der Waals surface area contributed by atoms with Gasteiger partial charge in [0.05, 0.1) is 11.3 Å². The van der Waals surface area contributed by atoms with E-state index in [1.807, 2.05) is 30.0 Å². The van der Waals surface area contributed by atoms with E-state index >= 15 is 0 Å². The zero-order valence-electron chi connectivity index (χ0n) is 20.3. The summed E-state index contributed by atoms with van der Waals surface area (Å²) in [7, 11) is 1.61. The van der Waals surface area contributed by atoms with Crippen LogP contribution in [0.2, 0.25) is 0 Å². The van der Waals surface area contributed by atoms with Crippen molar-refractivity contribution in [3.63, 3.8) is 0 Å². The molecule has 1 N–H and O–H groups in total. The Morgan fingerprint density at radius 1 is 1.09 bits per heavy atom. The van der Waals surface area contributed by atoms with Gasteiger partial charge in [-0.25, -0.2) is 0 Å². The maximum absolute atomic E-state index is 13.1. The number of carbonyl (C=O) groups is 1. The van der Waals surface area contributed by atoms with Crippen LogP contribution >= 0.6 is 15.9 Å². The first-order valence-corrected chi connectivity index (χ1v) is 12.8. The van der Waals surface area contributed by atoms with Gasteiger partial charge in [0, 0.05) is 29.0 Å². The first-order valence-electron chi connectivity index (χ1n) is 12.0. The summed E-state index contributed by atoms with van der Waals surface area (Å²) < 4.78 is 1.05. The summed E-state index contributed by atoms with van der Waals surface area (Å²) >= 11 is 3.51. The molecule has 2 aromatic carbocycles. The summed E-state index contributed by atoms with van der Waals surface area (Å²) in [6.07, 6.45) is 3.94. The van der Waals surface area contributed by atoms with Crippen LogP contribution in [0, 0.1) is 12.8 Å². The van der Waals surface area contributed by atoms with Gasteiger partial charge < -0.3 is 14.8 Å². The highest BCUT2D eigenvalue weighted by atomic mass is 79.9. The topological polar surface area (TPSA) is 65.4 Å². The van der Waals surface area contributed by atoms with E-state index < -0.39 is 0 Å². The van der Waals surface area contributed by atoms with Crippen LogP contribution in [0.25, 0.3) is 0 Å². The predicted octanol–water partition coefficient (Wildman–Crippen LogP) is 5.22. The van der Waals surface area contributed by atoms with Gasteiger partial charge in [0.15, 0.2) is 0 Å². The monoisotopic (exact) mass is 527 g/mol. The molecule has 2 aliphatic heterocycles. The molecule has 0 unspecified atom stereocenters. The van der Waals surface area contributed by atoms with Crippen molar-refractivity contribution in [1.82, 2.24) is 9.80 Å². The van der Waals surface area contributed by atoms with Crippen LogP contribution in [-0.2, 0) is 4.84 Å². The molecular weight excluding hydrogens is 494 g/mol. The van der Waals surface area contributed by atoms with E-state index in [0.29, 0.717) is 24.6 Å². The van der Waals surface area contributed by atoms with Gasteiger partial charge in [0.1, 0.15) is 12.9 Å². The number of hydrogen-bond donors (Lipinski definition) is 1. The molecule has 2 fully saturated rings. The number of hydrogen-bond acceptors (Lipinski definition) is 5. The fraction of sp³-hybridized carbons (Fsp3) is 0.481. The van der Waals surface area contributed by atoms with E-state index in [2.05, 4.69) is 45.0 Å². The van der Waals surface area contributed by atoms with Crippen molar-refractivity contribution in [2.24, 2.45) is 11.1 Å². The van der Waals surface area contributed by atoms with Gasteiger partial charge in [-0.05, 0) is 81.9 Å². The van der Waals surface area contributed by atoms with Gasteiger partial charge in [0.25, 0.3) is 5.91 Å². The third kappa shape index (κ3) is 5.15. The van der Waals surface area contributed by atoms with E-state index in [1.54, 1.807) is 19.2 Å². The number of carbonyl (C=O) groups excluding carboxylic acids is 1. The standard InChI is InChI=1S/C27H34BrN3O3/c1-19-5-4-6-23(32)24(19)26(33)30-17-13-27(2,14-18-30)31-15-11-21(12-16-31)25(29-34-3)20-7-9-22(28)10-8-20/h4-10,21,32H,11-18H2,1-3H3/b29-25-. The highest BCUT2D eigenvalue weighted by molar-refractivity contribution is 9.10. The van der Waals surface area contributed by atoms with E-state index in [4.69, 9.17) is 4.84 Å². The minimum atomic E-state index is -0.0636. The average Bonchev–Trinajstić information content (AvgIpc) is 2.84. The van der Waals surface area contributed by atoms with Crippen LogP contribution in [0.4, 0.5) is 0 Å². The third-order valence-electron chi connectivity index (χ3n) is 7.57. The number of phenols is 1. The predicted molar refractivity (Wildman–Crippen MR) is 138 cm³/mol. The summed E-state index contributed by atoms with van der Waals surface area (Å²) in [4.78, 5) is 22.8. The van der Waals surface area contributed by atoms with Crippen LogP contribution in [0.5, 0.6) is 5.75 Å². The highest BCUT2D eigenvalue weighted by Crippen LogP contribution is 2.35. The third-order valence-corrected chi connectivity index (χ3v) is 8.10. The van der Waals surface area contributed by atoms with E-state index in [1.165, 1.54) is 0 Å². The summed E-state index contributed by atoms with van der Waals surface area (Å²) in [5.41, 5.74) is 3.47. The van der Waals surface area contributed by atoms with Crippen molar-refractivity contribution in [3.8, 4) is 5.75 Å². The Balaban J connectivity index is 1.37. The summed E-state index contributed by atoms with van der Waals surface area (Å²) in [5.74, 6) is 0.373. The maximum atomic E-state index is 13.1. The van der Waals surface area contributed by atoms with Crippen LogP contribution in [0.3, 0.4) is 0 Å². The first kappa shape index (κ1) is 24.7. The largest absolute Gasteiger partial charge is 0.507 e. The molecule has 4 rings (SSSR count). The summed E-state index contributed by atoms with van der Waals surface area (Å²) in [6.45, 7) is 7.64. The average molecular weight is 528 g/mol. The molecule has 2 heterocycles. The Morgan fingerprint density at radius 3 is 2.32 bits per heavy atom. The second kappa shape index (κ2) is 10.5. The zero-order chi connectivity index (χ0) is 24.3. The Bertz CT molecular complexity index is 1020. The minimum Gasteiger partial charge on any atom is -0.507 e. The van der Waals surface area contributed by atoms with Gasteiger partial charge in [0.2, 0.25) is 0 Å². The molecule has 7 heteroatoms. The zero-order valence-corrected chi connectivity index (χ0v) is 21.8. The summed E-state index contributed by atoms with van der Waals surface area (Å²) in [6, 6.07) is 13.5. The van der Waals surface area contributed by atoms with Crippen molar-refractivity contribution < 1.29 is 14.7 Å². The number of halogens is 1. The van der Waals surface area contributed by atoms with Crippen LogP contribution < -0.4 is 0 Å². The number of likely N-dealkylation sites (tertiary alicyclic amines) is 2. The van der Waals surface area contributed by atoms with Gasteiger partial charge in [-0.2, -0.15) is 0 Å². The summed E-state index contributed by atoms with van der Waals surface area (Å²) in [5, 5.41) is 14.6. The van der Waals surface area contributed by atoms with E-state index in [-0.39, 0.29) is 17.2 Å². The molecule has 0 radical (unpaired) electrons. The number of rotatable bonds is 5. The van der Waals surface area contributed by atoms with Crippen LogP contribution in [0.15, 0.2) is 52.1 Å². The molecule has 182 valence electrons. The molecule has 0 atom stereocenters. The molecule has 34 heavy (non-hydrogen) atoms. The van der Waals surface area contributed by atoms with Crippen molar-refractivity contribution in [2.75, 3.05) is 33.3 Å². The smallest absolute Gasteiger partial charge is 0.257 e. The fourth-order valence-corrected chi connectivity index (χ4v) is 5.64. The second-order valence-electron chi connectivity index (χ2n) is 9.69. The number of benzene rings is 2. The molecule has 0 aliphatic carbocycles. The SMILES string of the molecule is CO/N=C(/c1ccc(Br)cc1)C1CCN(C2(C)CCN(C(=O)c3c(C)cccc3O)CC2)CC1. The van der Waals surface area contributed by atoms with Crippen molar-refractivity contribution in [3.05, 3.63) is 63.6 Å². The van der Waals surface area contributed by atoms with Crippen LogP contribution in [0.1, 0.15) is 54.1 Å². The quantitative estimate of drug-likeness (QED) is 0.427. The number of phenolic OH excluding ortho intramolecular Hbond substituents is 1. The molecule has 0 saturated carbocycles. The van der Waals surface area contributed by atoms with Crippen LogP contribution in [-0.4, -0.2) is 65.4 Å². The number of nitrogens with zero attached hydrogens (tertiary/aromatic N) is 3. The normalized spacial score (nSPS) is 19.8. The molecule has 0 aromatic heterocycles. The second-order valence-corrected chi connectivity index (χ2v) is 10.6. The lowest BCUT2D eigenvalue weighted by atomic mass is 9.82. The number of aryl methyl sites for hydroxylation is 1. The minimum absolute atomic E-state index is 0.0636. The number of oxime groups is 1. The van der Waals surface area contributed by atoms with Gasteiger partial charge in [-0.3, -0.25) is 9.69 Å². The molecule has 1 amide bonds. The van der Waals surface area contributed by atoms with Gasteiger partial charge in [-0.15, -0.1) is 0 Å². The molecule has 2 aromatic rings. The molecule has 2 saturated heterocycles.